The third kappa shape index (κ3) is 6.57. The van der Waals surface area contributed by atoms with E-state index >= 15 is 0 Å². The van der Waals surface area contributed by atoms with E-state index in [0.29, 0.717) is 3.57 Å². The molecule has 136 valence electrons. The quantitative estimate of drug-likeness (QED) is 0.420. The van der Waals surface area contributed by atoms with Gasteiger partial charge in [-0.1, -0.05) is 19.1 Å². The van der Waals surface area contributed by atoms with Crippen molar-refractivity contribution in [1.29, 1.82) is 0 Å². The van der Waals surface area contributed by atoms with Crippen LogP contribution < -0.4 is 11.2 Å². The fraction of sp³-hybridized carbons (Fsp3) is 0.353. The summed E-state index contributed by atoms with van der Waals surface area (Å²) in [5.41, 5.74) is 0.632. The third-order valence-corrected chi connectivity index (χ3v) is 4.92. The fourth-order valence-electron chi connectivity index (χ4n) is 2.02. The predicted molar refractivity (Wildman–Crippen MR) is 114 cm³/mol. The Kier molecular flexibility index (Phi) is 8.83. The lowest BCUT2D eigenvalue weighted by Gasteiger charge is -2.08. The molecule has 0 spiro atoms. The van der Waals surface area contributed by atoms with Crippen molar-refractivity contribution in [1.82, 2.24) is 9.13 Å². The summed E-state index contributed by atoms with van der Waals surface area (Å²) < 4.78 is 8.88. The van der Waals surface area contributed by atoms with Crippen molar-refractivity contribution in [2.24, 2.45) is 20.0 Å². The summed E-state index contributed by atoms with van der Waals surface area (Å²) in [4.78, 5) is 33.3. The first-order valence-electron chi connectivity index (χ1n) is 7.41. The summed E-state index contributed by atoms with van der Waals surface area (Å²) in [5, 5.41) is 0. The Labute approximate surface area is 173 Å². The Balaban J connectivity index is 0.000000257. The Morgan fingerprint density at radius 1 is 1.16 bits per heavy atom. The molecule has 0 radical (unpaired) electrons. The molecule has 1 atom stereocenters. The second kappa shape index (κ2) is 10.1. The molecule has 0 saturated heterocycles. The number of nitrogens with zero attached hydrogens (tertiary/aromatic N) is 2. The first-order valence-corrected chi connectivity index (χ1v) is 9.57. The van der Waals surface area contributed by atoms with Crippen LogP contribution in [-0.2, 0) is 30.0 Å². The number of rotatable bonds is 3. The van der Waals surface area contributed by atoms with Crippen molar-refractivity contribution in [2.45, 2.75) is 13.3 Å². The minimum absolute atomic E-state index is 0.0694. The minimum atomic E-state index is -0.296. The lowest BCUT2D eigenvalue weighted by atomic mass is 10.0. The number of benzene rings is 1. The van der Waals surface area contributed by atoms with Crippen molar-refractivity contribution in [3.8, 4) is 0 Å². The van der Waals surface area contributed by atoms with Crippen molar-refractivity contribution in [3.63, 3.8) is 0 Å². The standard InChI is InChI=1S/C11H13IO2.C6H7IN2O2/c1-8(11(13)14-2)7-9-3-5-10(12)6-4-9;1-8-3-4(7)5(10)9(2)6(8)11/h3-6,8H,7H2,1-2H3;3H,1-2H3. The van der Waals surface area contributed by atoms with Gasteiger partial charge in [0.1, 0.15) is 0 Å². The molecule has 2 aromatic rings. The van der Waals surface area contributed by atoms with Gasteiger partial charge in [-0.05, 0) is 69.3 Å². The predicted octanol–water partition coefficient (Wildman–Crippen LogP) is 2.33. The molecule has 1 unspecified atom stereocenters. The number of halogens is 2. The molecule has 1 aromatic carbocycles. The van der Waals surface area contributed by atoms with Crippen LogP contribution in [0.3, 0.4) is 0 Å². The average Bonchev–Trinajstić information content (AvgIpc) is 2.60. The van der Waals surface area contributed by atoms with Gasteiger partial charge in [0.05, 0.1) is 16.6 Å². The number of aromatic nitrogens is 2. The van der Waals surface area contributed by atoms with Gasteiger partial charge in [-0.25, -0.2) is 4.79 Å². The third-order valence-electron chi connectivity index (χ3n) is 3.46. The zero-order chi connectivity index (χ0) is 19.1. The molecule has 0 amide bonds. The normalized spacial score (nSPS) is 11.3. The molecule has 0 fully saturated rings. The summed E-state index contributed by atoms with van der Waals surface area (Å²) in [6, 6.07) is 8.17. The number of hydrogen-bond donors (Lipinski definition) is 0. The molecule has 1 aromatic heterocycles. The van der Waals surface area contributed by atoms with E-state index in [1.165, 1.54) is 34.1 Å². The molecular weight excluding hydrogens is 550 g/mol. The highest BCUT2D eigenvalue weighted by molar-refractivity contribution is 14.1. The Hall–Kier alpha value is -1.17. The molecule has 0 aliphatic carbocycles. The van der Waals surface area contributed by atoms with Crippen molar-refractivity contribution in [2.75, 3.05) is 7.11 Å². The highest BCUT2D eigenvalue weighted by atomic mass is 127. The number of hydrogen-bond acceptors (Lipinski definition) is 4. The van der Waals surface area contributed by atoms with Crippen LogP contribution in [0.15, 0.2) is 40.1 Å². The molecule has 2 rings (SSSR count). The zero-order valence-corrected chi connectivity index (χ0v) is 18.8. The second-order valence-corrected chi connectivity index (χ2v) is 7.90. The van der Waals surface area contributed by atoms with Crippen molar-refractivity contribution < 1.29 is 9.53 Å². The molecule has 0 saturated carbocycles. The fourth-order valence-corrected chi connectivity index (χ4v) is 3.16. The molecule has 8 heteroatoms. The van der Waals surface area contributed by atoms with Crippen LogP contribution in [0, 0.1) is 13.1 Å². The lowest BCUT2D eigenvalue weighted by molar-refractivity contribution is -0.144. The molecular formula is C17H20I2N2O4. The van der Waals surface area contributed by atoms with Gasteiger partial charge in [0.25, 0.3) is 5.56 Å². The number of carbonyl (C=O) groups is 1. The van der Waals surface area contributed by atoms with E-state index in [2.05, 4.69) is 27.3 Å². The minimum Gasteiger partial charge on any atom is -0.469 e. The zero-order valence-electron chi connectivity index (χ0n) is 14.5. The van der Waals surface area contributed by atoms with Gasteiger partial charge in [-0.15, -0.1) is 0 Å². The SMILES string of the molecule is COC(=O)C(C)Cc1ccc(I)cc1.Cn1cc(I)c(=O)n(C)c1=O. The lowest BCUT2D eigenvalue weighted by Crippen LogP contribution is -2.37. The van der Waals surface area contributed by atoms with Gasteiger partial charge < -0.3 is 9.30 Å². The molecule has 1 heterocycles. The number of ether oxygens (including phenoxy) is 1. The first kappa shape index (κ1) is 21.9. The summed E-state index contributed by atoms with van der Waals surface area (Å²) in [6.07, 6.45) is 2.26. The van der Waals surface area contributed by atoms with Gasteiger partial charge in [-0.3, -0.25) is 14.2 Å². The molecule has 0 N–H and O–H groups in total. The van der Waals surface area contributed by atoms with E-state index in [0.717, 1.165) is 11.0 Å². The maximum Gasteiger partial charge on any atom is 0.330 e. The maximum atomic E-state index is 11.2. The van der Waals surface area contributed by atoms with Crippen LogP contribution in [0.4, 0.5) is 0 Å². The summed E-state index contributed by atoms with van der Waals surface area (Å²) in [5.74, 6) is -0.219. The van der Waals surface area contributed by atoms with E-state index in [4.69, 9.17) is 0 Å². The van der Waals surface area contributed by atoms with E-state index < -0.39 is 0 Å². The Morgan fingerprint density at radius 2 is 1.72 bits per heavy atom. The van der Waals surface area contributed by atoms with Crippen LogP contribution in [0.5, 0.6) is 0 Å². The number of carbonyl (C=O) groups excluding carboxylic acids is 1. The van der Waals surface area contributed by atoms with E-state index in [-0.39, 0.29) is 23.1 Å². The molecule has 0 bridgehead atoms. The van der Waals surface area contributed by atoms with E-state index in [1.54, 1.807) is 7.05 Å². The van der Waals surface area contributed by atoms with E-state index in [1.807, 2.05) is 53.8 Å². The number of aryl methyl sites for hydroxylation is 1. The summed E-state index contributed by atoms with van der Waals surface area (Å²) >= 11 is 4.16. The average molecular weight is 570 g/mol. The van der Waals surface area contributed by atoms with Crippen LogP contribution in [0.1, 0.15) is 12.5 Å². The summed E-state index contributed by atoms with van der Waals surface area (Å²) in [6.45, 7) is 1.88. The van der Waals surface area contributed by atoms with Gasteiger partial charge in [0.15, 0.2) is 0 Å². The highest BCUT2D eigenvalue weighted by Gasteiger charge is 2.13. The summed E-state index contributed by atoms with van der Waals surface area (Å²) in [7, 11) is 4.50. The Morgan fingerprint density at radius 3 is 2.24 bits per heavy atom. The van der Waals surface area contributed by atoms with Crippen molar-refractivity contribution >= 4 is 51.2 Å². The maximum absolute atomic E-state index is 11.2. The van der Waals surface area contributed by atoms with Crippen LogP contribution in [0.2, 0.25) is 0 Å². The van der Waals surface area contributed by atoms with Crippen LogP contribution in [-0.4, -0.2) is 22.2 Å². The van der Waals surface area contributed by atoms with Gasteiger partial charge in [-0.2, -0.15) is 0 Å². The number of methoxy groups -OCH3 is 1. The smallest absolute Gasteiger partial charge is 0.330 e. The van der Waals surface area contributed by atoms with Gasteiger partial charge >= 0.3 is 11.7 Å². The van der Waals surface area contributed by atoms with Crippen molar-refractivity contribution in [3.05, 3.63) is 64.0 Å². The second-order valence-electron chi connectivity index (χ2n) is 5.49. The van der Waals surface area contributed by atoms with Gasteiger partial charge in [0, 0.05) is 23.9 Å². The highest BCUT2D eigenvalue weighted by Crippen LogP contribution is 2.12. The molecule has 6 nitrogen and oxygen atoms in total. The first-order chi connectivity index (χ1) is 11.7. The van der Waals surface area contributed by atoms with Gasteiger partial charge in [0.2, 0.25) is 0 Å². The number of esters is 1. The molecule has 25 heavy (non-hydrogen) atoms. The molecule has 0 aliphatic rings. The molecule has 0 aliphatic heterocycles. The van der Waals surface area contributed by atoms with E-state index in [9.17, 15) is 14.4 Å². The Bertz CT molecular complexity index is 807. The van der Waals surface area contributed by atoms with Crippen LogP contribution in [0.25, 0.3) is 0 Å². The monoisotopic (exact) mass is 570 g/mol. The largest absolute Gasteiger partial charge is 0.469 e. The topological polar surface area (TPSA) is 70.3 Å². The van der Waals surface area contributed by atoms with Crippen LogP contribution >= 0.6 is 45.2 Å².